The number of nitrogens with zero attached hydrogens (tertiary/aromatic N) is 4. The number of rotatable bonds is 5. The zero-order valence-electron chi connectivity index (χ0n) is 14.5. The van der Waals surface area contributed by atoms with E-state index in [9.17, 15) is 14.7 Å². The Morgan fingerprint density at radius 2 is 1.72 bits per heavy atom. The first-order valence-corrected chi connectivity index (χ1v) is 8.97. The van der Waals surface area contributed by atoms with Crippen LogP contribution in [0.5, 0.6) is 0 Å². The second-order valence-electron chi connectivity index (χ2n) is 6.71. The second-order valence-corrected chi connectivity index (χ2v) is 6.71. The average Bonchev–Trinajstić information content (AvgIpc) is 2.84. The highest BCUT2D eigenvalue weighted by molar-refractivity contribution is 5.56. The minimum Gasteiger partial charge on any atom is -0.390 e. The van der Waals surface area contributed by atoms with Crippen molar-refractivity contribution in [3.8, 4) is 0 Å². The van der Waals surface area contributed by atoms with Gasteiger partial charge in [0.05, 0.1) is 24.0 Å². The van der Waals surface area contributed by atoms with Gasteiger partial charge in [-0.2, -0.15) is 0 Å². The largest absolute Gasteiger partial charge is 0.390 e. The van der Waals surface area contributed by atoms with Gasteiger partial charge in [-0.15, -0.1) is 0 Å². The molecule has 0 unspecified atom stereocenters. The Kier molecular flexibility index (Phi) is 6.08. The molecule has 0 spiro atoms. The predicted molar refractivity (Wildman–Crippen MR) is 95.2 cm³/mol. The van der Waals surface area contributed by atoms with Gasteiger partial charge in [0.15, 0.2) is 0 Å². The van der Waals surface area contributed by atoms with Gasteiger partial charge in [0.25, 0.3) is 0 Å². The van der Waals surface area contributed by atoms with Crippen molar-refractivity contribution in [1.29, 1.82) is 0 Å². The summed E-state index contributed by atoms with van der Waals surface area (Å²) in [5.74, 6) is -0.367. The first-order chi connectivity index (χ1) is 12.1. The lowest BCUT2D eigenvalue weighted by molar-refractivity contribution is -0.0374. The van der Waals surface area contributed by atoms with E-state index in [-0.39, 0.29) is 18.9 Å². The molecule has 0 aromatic heterocycles. The van der Waals surface area contributed by atoms with Crippen LogP contribution in [0.25, 0.3) is 0 Å². The van der Waals surface area contributed by atoms with Gasteiger partial charge in [-0.1, -0.05) is 0 Å². The molecule has 0 aliphatic carbocycles. The molecule has 4 N–H and O–H groups in total. The first-order valence-electron chi connectivity index (χ1n) is 8.97. The Labute approximate surface area is 147 Å². The number of hydrazine groups is 1. The first kappa shape index (κ1) is 18.3. The van der Waals surface area contributed by atoms with Gasteiger partial charge in [-0.25, -0.2) is 14.4 Å². The molecular formula is C17H28FN5O2. The maximum Gasteiger partial charge on any atom is 0.148 e. The van der Waals surface area contributed by atoms with Crippen molar-refractivity contribution in [1.82, 2.24) is 10.0 Å². The normalized spacial score (nSPS) is 20.9. The molecule has 1 atom stereocenters. The van der Waals surface area contributed by atoms with Crippen LogP contribution in [0.1, 0.15) is 12.8 Å². The van der Waals surface area contributed by atoms with Gasteiger partial charge in [0.1, 0.15) is 5.82 Å². The van der Waals surface area contributed by atoms with E-state index < -0.39 is 6.10 Å². The molecule has 140 valence electrons. The van der Waals surface area contributed by atoms with Crippen molar-refractivity contribution in [2.45, 2.75) is 18.9 Å². The molecule has 2 heterocycles. The Hall–Kier alpha value is -1.45. The smallest absolute Gasteiger partial charge is 0.148 e. The summed E-state index contributed by atoms with van der Waals surface area (Å²) in [6.07, 6.45) is 1.59. The van der Waals surface area contributed by atoms with Crippen LogP contribution in [-0.2, 0) is 0 Å². The summed E-state index contributed by atoms with van der Waals surface area (Å²) in [6.45, 7) is 5.51. The molecule has 0 saturated carbocycles. The van der Waals surface area contributed by atoms with Crippen LogP contribution in [-0.4, -0.2) is 78.8 Å². The maximum absolute atomic E-state index is 14.6. The van der Waals surface area contributed by atoms with Gasteiger partial charge in [0.2, 0.25) is 0 Å². The third-order valence-corrected chi connectivity index (χ3v) is 4.96. The number of hydroxylamine groups is 1. The molecule has 1 aromatic carbocycles. The van der Waals surface area contributed by atoms with Crippen LogP contribution in [0.3, 0.4) is 0 Å². The van der Waals surface area contributed by atoms with Crippen LogP contribution >= 0.6 is 0 Å². The summed E-state index contributed by atoms with van der Waals surface area (Å²) in [5.41, 5.74) is 6.20. The van der Waals surface area contributed by atoms with E-state index >= 15 is 0 Å². The molecule has 2 aliphatic rings. The number of fused-ring (bicyclic) bond motifs is 1. The lowest BCUT2D eigenvalue weighted by atomic mass is 10.2. The quantitative estimate of drug-likeness (QED) is 0.664. The van der Waals surface area contributed by atoms with Gasteiger partial charge in [-0.05, 0) is 25.0 Å². The molecule has 0 bridgehead atoms. The van der Waals surface area contributed by atoms with Crippen molar-refractivity contribution >= 4 is 11.4 Å². The van der Waals surface area contributed by atoms with Crippen LogP contribution in [0.15, 0.2) is 18.2 Å². The standard InChI is InChI=1S/C17H28FN5O2/c18-16-11-14(23(25)13-15(24)12-19)3-4-17(16)20-7-9-21-5-1-2-6-22(21)10-8-20/h3-4,11,15,24-25H,1-2,5-10,12-13,19H2/t15-/m0/s1. The van der Waals surface area contributed by atoms with Crippen LogP contribution in [0, 0.1) is 5.82 Å². The Morgan fingerprint density at radius 1 is 1.08 bits per heavy atom. The average molecular weight is 353 g/mol. The minimum absolute atomic E-state index is 0.0401. The van der Waals surface area contributed by atoms with Gasteiger partial charge in [-0.3, -0.25) is 10.3 Å². The highest BCUT2D eigenvalue weighted by Crippen LogP contribution is 2.26. The number of benzene rings is 1. The van der Waals surface area contributed by atoms with Gasteiger partial charge >= 0.3 is 0 Å². The highest BCUT2D eigenvalue weighted by atomic mass is 19.1. The number of halogens is 1. The summed E-state index contributed by atoms with van der Waals surface area (Å²) >= 11 is 0. The molecule has 2 saturated heterocycles. The molecule has 0 radical (unpaired) electrons. The van der Waals surface area contributed by atoms with Crippen molar-refractivity contribution in [3.05, 3.63) is 24.0 Å². The van der Waals surface area contributed by atoms with Crippen molar-refractivity contribution < 1.29 is 14.7 Å². The number of aliphatic hydroxyl groups excluding tert-OH is 1. The van der Waals surface area contributed by atoms with Crippen molar-refractivity contribution in [3.63, 3.8) is 0 Å². The maximum atomic E-state index is 14.6. The lowest BCUT2D eigenvalue weighted by Crippen LogP contribution is -2.47. The molecule has 2 fully saturated rings. The fraction of sp³-hybridized carbons (Fsp3) is 0.647. The van der Waals surface area contributed by atoms with E-state index in [1.165, 1.54) is 18.9 Å². The number of hydrogen-bond donors (Lipinski definition) is 3. The molecule has 7 nitrogen and oxygen atoms in total. The van der Waals surface area contributed by atoms with E-state index in [0.29, 0.717) is 11.4 Å². The fourth-order valence-electron chi connectivity index (χ4n) is 3.50. The topological polar surface area (TPSA) is 79.4 Å². The van der Waals surface area contributed by atoms with Crippen LogP contribution in [0.2, 0.25) is 0 Å². The summed E-state index contributed by atoms with van der Waals surface area (Å²) in [5, 5.41) is 25.1. The van der Waals surface area contributed by atoms with E-state index in [4.69, 9.17) is 5.73 Å². The zero-order valence-corrected chi connectivity index (χ0v) is 14.5. The number of anilines is 2. The second kappa shape index (κ2) is 8.29. The lowest BCUT2D eigenvalue weighted by Gasteiger charge is -2.36. The third-order valence-electron chi connectivity index (χ3n) is 4.96. The molecule has 25 heavy (non-hydrogen) atoms. The molecule has 3 rings (SSSR count). The van der Waals surface area contributed by atoms with Gasteiger partial charge in [0, 0.05) is 51.9 Å². The SMILES string of the molecule is NC[C@H](O)CN(O)c1ccc(N2CCN3CCCCN3CC2)c(F)c1. The zero-order chi connectivity index (χ0) is 17.8. The Bertz CT molecular complexity index is 560. The predicted octanol–water partition coefficient (Wildman–Crippen LogP) is 0.474. The molecule has 1 aromatic rings. The molecule has 8 heteroatoms. The minimum atomic E-state index is -0.857. The van der Waals surface area contributed by atoms with E-state index in [1.807, 2.05) is 0 Å². The molecular weight excluding hydrogens is 325 g/mol. The molecule has 2 aliphatic heterocycles. The van der Waals surface area contributed by atoms with E-state index in [2.05, 4.69) is 14.9 Å². The van der Waals surface area contributed by atoms with Crippen LogP contribution in [0.4, 0.5) is 15.8 Å². The fourth-order valence-corrected chi connectivity index (χ4v) is 3.50. The number of aliphatic hydroxyl groups is 1. The Balaban J connectivity index is 1.68. The van der Waals surface area contributed by atoms with E-state index in [0.717, 1.165) is 44.3 Å². The highest BCUT2D eigenvalue weighted by Gasteiger charge is 2.25. The Morgan fingerprint density at radius 3 is 2.28 bits per heavy atom. The van der Waals surface area contributed by atoms with Gasteiger partial charge < -0.3 is 15.7 Å². The van der Waals surface area contributed by atoms with Crippen molar-refractivity contribution in [2.75, 3.05) is 62.3 Å². The monoisotopic (exact) mass is 353 g/mol. The molecule has 0 amide bonds. The summed E-state index contributed by atoms with van der Waals surface area (Å²) in [6, 6.07) is 4.67. The summed E-state index contributed by atoms with van der Waals surface area (Å²) < 4.78 is 14.6. The summed E-state index contributed by atoms with van der Waals surface area (Å²) in [7, 11) is 0. The number of hydrogen-bond acceptors (Lipinski definition) is 7. The van der Waals surface area contributed by atoms with E-state index in [1.54, 1.807) is 12.1 Å². The van der Waals surface area contributed by atoms with Crippen LogP contribution < -0.4 is 15.7 Å². The van der Waals surface area contributed by atoms with Crippen molar-refractivity contribution in [2.24, 2.45) is 5.73 Å². The number of nitrogens with two attached hydrogens (primary N) is 1. The third kappa shape index (κ3) is 4.39. The summed E-state index contributed by atoms with van der Waals surface area (Å²) in [4.78, 5) is 2.06.